The first-order chi connectivity index (χ1) is 5.24. The average molecular weight is 164 g/mol. The molecule has 0 amide bonds. The van der Waals surface area contributed by atoms with Crippen LogP contribution in [0.2, 0.25) is 0 Å². The minimum absolute atomic E-state index is 0.658. The average Bonchev–Trinajstić information content (AvgIpc) is 1.95. The van der Waals surface area contributed by atoms with Crippen LogP contribution in [-0.2, 0) is 0 Å². The van der Waals surface area contributed by atoms with E-state index in [1.807, 2.05) is 19.9 Å². The molecule has 1 heterocycles. The molecule has 0 radical (unpaired) electrons. The topological polar surface area (TPSA) is 25.2 Å². The SMILES string of the molecule is Cc1cnc(N=C=S)c(C)c1. The lowest BCUT2D eigenvalue weighted by Crippen LogP contribution is -1.81. The van der Waals surface area contributed by atoms with E-state index in [-0.39, 0.29) is 0 Å². The van der Waals surface area contributed by atoms with Crippen LogP contribution in [0.3, 0.4) is 0 Å². The summed E-state index contributed by atoms with van der Waals surface area (Å²) in [5.41, 5.74) is 2.16. The number of thiocarbonyl (C=S) groups is 1. The Kier molecular flexibility index (Phi) is 2.47. The summed E-state index contributed by atoms with van der Waals surface area (Å²) in [6.45, 7) is 3.94. The standard InChI is InChI=1S/C8H8N2S/c1-6-3-7(2)8(9-4-6)10-5-11/h3-4H,1-2H3. The Morgan fingerprint density at radius 3 is 2.82 bits per heavy atom. The number of isothiocyanates is 1. The quantitative estimate of drug-likeness (QED) is 0.470. The molecule has 56 valence electrons. The molecule has 1 aromatic heterocycles. The molecule has 1 rings (SSSR count). The van der Waals surface area contributed by atoms with Crippen molar-refractivity contribution in [3.05, 3.63) is 23.4 Å². The lowest BCUT2D eigenvalue weighted by Gasteiger charge is -1.96. The van der Waals surface area contributed by atoms with Crippen LogP contribution in [0.1, 0.15) is 11.1 Å². The smallest absolute Gasteiger partial charge is 0.165 e. The van der Waals surface area contributed by atoms with E-state index in [4.69, 9.17) is 0 Å². The Balaban J connectivity index is 3.19. The van der Waals surface area contributed by atoms with Crippen LogP contribution in [0.25, 0.3) is 0 Å². The maximum absolute atomic E-state index is 4.47. The number of aromatic nitrogens is 1. The normalized spacial score (nSPS) is 8.91. The van der Waals surface area contributed by atoms with Crippen LogP contribution < -0.4 is 0 Å². The van der Waals surface area contributed by atoms with E-state index in [9.17, 15) is 0 Å². The summed E-state index contributed by atoms with van der Waals surface area (Å²) in [6.07, 6.45) is 1.76. The summed E-state index contributed by atoms with van der Waals surface area (Å²) in [4.78, 5) is 7.87. The number of nitrogens with zero attached hydrogens (tertiary/aromatic N) is 2. The van der Waals surface area contributed by atoms with Crippen molar-refractivity contribution in [2.24, 2.45) is 4.99 Å². The Morgan fingerprint density at radius 1 is 1.55 bits per heavy atom. The number of aliphatic imine (C=N–C) groups is 1. The molecule has 2 nitrogen and oxygen atoms in total. The van der Waals surface area contributed by atoms with Gasteiger partial charge in [0.2, 0.25) is 0 Å². The highest BCUT2D eigenvalue weighted by Gasteiger charge is 1.95. The predicted molar refractivity (Wildman–Crippen MR) is 48.4 cm³/mol. The molecule has 0 aliphatic heterocycles. The highest BCUT2D eigenvalue weighted by molar-refractivity contribution is 7.78. The van der Waals surface area contributed by atoms with E-state index in [0.29, 0.717) is 5.82 Å². The van der Waals surface area contributed by atoms with Crippen molar-refractivity contribution in [3.63, 3.8) is 0 Å². The van der Waals surface area contributed by atoms with Crippen molar-refractivity contribution in [2.45, 2.75) is 13.8 Å². The van der Waals surface area contributed by atoms with Crippen molar-refractivity contribution in [2.75, 3.05) is 0 Å². The van der Waals surface area contributed by atoms with Crippen molar-refractivity contribution < 1.29 is 0 Å². The number of pyridine rings is 1. The predicted octanol–water partition coefficient (Wildman–Crippen LogP) is 2.43. The molecule has 0 atom stereocenters. The third kappa shape index (κ3) is 1.93. The largest absolute Gasteiger partial charge is 0.236 e. The van der Waals surface area contributed by atoms with Gasteiger partial charge in [-0.05, 0) is 37.2 Å². The molecule has 0 N–H and O–H groups in total. The molecule has 0 saturated heterocycles. The summed E-state index contributed by atoms with van der Waals surface area (Å²) < 4.78 is 0. The van der Waals surface area contributed by atoms with Gasteiger partial charge in [0.1, 0.15) is 0 Å². The van der Waals surface area contributed by atoms with Crippen LogP contribution in [0.4, 0.5) is 5.82 Å². The van der Waals surface area contributed by atoms with Gasteiger partial charge in [0.05, 0.1) is 5.16 Å². The van der Waals surface area contributed by atoms with Crippen LogP contribution in [-0.4, -0.2) is 10.1 Å². The molecule has 11 heavy (non-hydrogen) atoms. The highest BCUT2D eigenvalue weighted by Crippen LogP contribution is 2.14. The first-order valence-corrected chi connectivity index (χ1v) is 3.66. The molecule has 0 spiro atoms. The number of hydrogen-bond donors (Lipinski definition) is 0. The number of aryl methyl sites for hydroxylation is 2. The number of hydrogen-bond acceptors (Lipinski definition) is 3. The Bertz CT molecular complexity index is 314. The Morgan fingerprint density at radius 2 is 2.27 bits per heavy atom. The van der Waals surface area contributed by atoms with Gasteiger partial charge in [0.25, 0.3) is 0 Å². The molecule has 0 fully saturated rings. The number of rotatable bonds is 1. The third-order valence-corrected chi connectivity index (χ3v) is 1.43. The maximum Gasteiger partial charge on any atom is 0.165 e. The summed E-state index contributed by atoms with van der Waals surface area (Å²) >= 11 is 4.47. The van der Waals surface area contributed by atoms with Gasteiger partial charge >= 0.3 is 0 Å². The van der Waals surface area contributed by atoms with Crippen LogP contribution in [0.15, 0.2) is 17.3 Å². The lowest BCUT2D eigenvalue weighted by molar-refractivity contribution is 1.19. The maximum atomic E-state index is 4.47. The molecule has 3 heteroatoms. The fraction of sp³-hybridized carbons (Fsp3) is 0.250. The minimum atomic E-state index is 0.658. The lowest BCUT2D eigenvalue weighted by atomic mass is 10.2. The van der Waals surface area contributed by atoms with Gasteiger partial charge in [-0.15, -0.1) is 0 Å². The van der Waals surface area contributed by atoms with Crippen molar-refractivity contribution in [1.29, 1.82) is 0 Å². The summed E-state index contributed by atoms with van der Waals surface area (Å²) in [6, 6.07) is 2.01. The van der Waals surface area contributed by atoms with E-state index in [2.05, 4.69) is 27.4 Å². The second-order valence-corrected chi connectivity index (χ2v) is 2.54. The molecule has 1 aromatic rings. The zero-order valence-corrected chi connectivity index (χ0v) is 7.27. The second kappa shape index (κ2) is 3.37. The van der Waals surface area contributed by atoms with Gasteiger partial charge < -0.3 is 0 Å². The summed E-state index contributed by atoms with van der Waals surface area (Å²) in [7, 11) is 0. The van der Waals surface area contributed by atoms with E-state index in [1.165, 1.54) is 0 Å². The van der Waals surface area contributed by atoms with Crippen molar-refractivity contribution >= 4 is 23.2 Å². The van der Waals surface area contributed by atoms with E-state index >= 15 is 0 Å². The highest BCUT2D eigenvalue weighted by atomic mass is 32.1. The van der Waals surface area contributed by atoms with Gasteiger partial charge in [-0.1, -0.05) is 6.07 Å². The molecule has 0 unspecified atom stereocenters. The summed E-state index contributed by atoms with van der Waals surface area (Å²) in [5, 5.41) is 2.29. The fourth-order valence-corrected chi connectivity index (χ4v) is 0.955. The monoisotopic (exact) mass is 164 g/mol. The Hall–Kier alpha value is -1.05. The van der Waals surface area contributed by atoms with E-state index < -0.39 is 0 Å². The van der Waals surface area contributed by atoms with Crippen LogP contribution in [0, 0.1) is 13.8 Å². The minimum Gasteiger partial charge on any atom is -0.236 e. The van der Waals surface area contributed by atoms with Gasteiger partial charge in [0, 0.05) is 6.20 Å². The molecular formula is C8H8N2S. The first kappa shape index (κ1) is 8.05. The molecule has 0 bridgehead atoms. The summed E-state index contributed by atoms with van der Waals surface area (Å²) in [5.74, 6) is 0.658. The van der Waals surface area contributed by atoms with E-state index in [1.54, 1.807) is 6.20 Å². The molecule has 0 aliphatic carbocycles. The molecule has 0 saturated carbocycles. The van der Waals surface area contributed by atoms with Crippen LogP contribution in [0.5, 0.6) is 0 Å². The molecular weight excluding hydrogens is 156 g/mol. The second-order valence-electron chi connectivity index (χ2n) is 2.36. The Labute approximate surface area is 71.0 Å². The van der Waals surface area contributed by atoms with Crippen LogP contribution >= 0.6 is 12.2 Å². The van der Waals surface area contributed by atoms with Gasteiger partial charge in [-0.2, -0.15) is 4.99 Å². The van der Waals surface area contributed by atoms with Crippen molar-refractivity contribution in [3.8, 4) is 0 Å². The first-order valence-electron chi connectivity index (χ1n) is 3.25. The molecule has 0 aliphatic rings. The molecule has 0 aromatic carbocycles. The van der Waals surface area contributed by atoms with Gasteiger partial charge in [-0.3, -0.25) is 0 Å². The third-order valence-electron chi connectivity index (χ3n) is 1.34. The fourth-order valence-electron chi connectivity index (χ4n) is 0.868. The van der Waals surface area contributed by atoms with Gasteiger partial charge in [0.15, 0.2) is 5.82 Å². The zero-order chi connectivity index (χ0) is 8.27. The van der Waals surface area contributed by atoms with E-state index in [0.717, 1.165) is 11.1 Å². The van der Waals surface area contributed by atoms with Gasteiger partial charge in [-0.25, -0.2) is 4.98 Å². The van der Waals surface area contributed by atoms with Crippen molar-refractivity contribution in [1.82, 2.24) is 4.98 Å². The zero-order valence-electron chi connectivity index (χ0n) is 6.46.